The molecule has 1 aromatic heterocycles. The Morgan fingerprint density at radius 2 is 2.13 bits per heavy atom. The maximum atomic E-state index is 12.6. The molecule has 0 aromatic carbocycles. The second kappa shape index (κ2) is 6.19. The summed E-state index contributed by atoms with van der Waals surface area (Å²) in [6.07, 6.45) is -0.495. The molecule has 1 atom stereocenters. The Morgan fingerprint density at radius 1 is 1.48 bits per heavy atom. The van der Waals surface area contributed by atoms with Gasteiger partial charge in [-0.1, -0.05) is 13.8 Å². The fraction of sp³-hybridized carbons (Fsp3) is 0.667. The van der Waals surface area contributed by atoms with Crippen molar-refractivity contribution in [3.05, 3.63) is 17.0 Å². The zero-order valence-electron chi connectivity index (χ0n) is 14.0. The van der Waals surface area contributed by atoms with Crippen LogP contribution in [0.25, 0.3) is 0 Å². The monoisotopic (exact) mass is 324 g/mol. The number of aromatic amines is 1. The Hall–Kier alpha value is -2.09. The highest BCUT2D eigenvalue weighted by atomic mass is 16.4. The number of nitrogens with zero attached hydrogens (tertiary/aromatic N) is 3. The molecule has 0 bridgehead atoms. The third-order valence-corrected chi connectivity index (χ3v) is 4.20. The Labute approximate surface area is 135 Å². The molecule has 8 heteroatoms. The van der Waals surface area contributed by atoms with E-state index in [1.54, 1.807) is 7.05 Å². The zero-order valence-corrected chi connectivity index (χ0v) is 14.0. The van der Waals surface area contributed by atoms with Crippen LogP contribution in [-0.4, -0.2) is 68.5 Å². The van der Waals surface area contributed by atoms with Gasteiger partial charge in [0.2, 0.25) is 0 Å². The van der Waals surface area contributed by atoms with Gasteiger partial charge in [0.25, 0.3) is 5.91 Å². The molecule has 3 N–H and O–H groups in total. The SMILES string of the molecule is CC1Cc2[nH]nc(C(=O)N(C)CC(C)(C)CO)c2CN1C(=O)O. The van der Waals surface area contributed by atoms with Crippen LogP contribution in [0, 0.1) is 5.41 Å². The predicted octanol–water partition coefficient (Wildman–Crippen LogP) is 0.925. The highest BCUT2D eigenvalue weighted by Gasteiger charge is 2.33. The van der Waals surface area contributed by atoms with Crippen molar-refractivity contribution in [2.45, 2.75) is 39.8 Å². The van der Waals surface area contributed by atoms with Crippen molar-refractivity contribution in [2.75, 3.05) is 20.2 Å². The van der Waals surface area contributed by atoms with Gasteiger partial charge in [0.1, 0.15) is 0 Å². The summed E-state index contributed by atoms with van der Waals surface area (Å²) >= 11 is 0. The van der Waals surface area contributed by atoms with Crippen LogP contribution >= 0.6 is 0 Å². The maximum absolute atomic E-state index is 12.6. The Kier molecular flexibility index (Phi) is 4.65. The number of aliphatic hydroxyl groups is 1. The molecular formula is C15H24N4O4. The van der Waals surface area contributed by atoms with Crippen LogP contribution in [0.5, 0.6) is 0 Å². The first-order chi connectivity index (χ1) is 10.7. The Balaban J connectivity index is 2.23. The molecule has 2 heterocycles. The highest BCUT2D eigenvalue weighted by molar-refractivity contribution is 5.94. The number of carbonyl (C=O) groups is 2. The molecule has 0 radical (unpaired) electrons. The number of rotatable bonds is 4. The number of nitrogens with one attached hydrogen (secondary N) is 1. The summed E-state index contributed by atoms with van der Waals surface area (Å²) in [6.45, 7) is 6.06. The standard InChI is InChI=1S/C15H24N4O4/c1-9-5-11-10(6-19(9)14(22)23)12(17-16-11)13(21)18(4)7-15(2,3)8-20/h9,20H,5-8H2,1-4H3,(H,16,17)(H,22,23). The molecule has 0 aliphatic carbocycles. The van der Waals surface area contributed by atoms with Crippen molar-refractivity contribution in [1.82, 2.24) is 20.0 Å². The minimum Gasteiger partial charge on any atom is -0.465 e. The number of aliphatic hydroxyl groups excluding tert-OH is 1. The van der Waals surface area contributed by atoms with Gasteiger partial charge in [-0.3, -0.25) is 9.89 Å². The largest absolute Gasteiger partial charge is 0.465 e. The molecule has 8 nitrogen and oxygen atoms in total. The average molecular weight is 324 g/mol. The maximum Gasteiger partial charge on any atom is 0.407 e. The second-order valence-electron chi connectivity index (χ2n) is 6.98. The van der Waals surface area contributed by atoms with E-state index in [2.05, 4.69) is 10.2 Å². The van der Waals surface area contributed by atoms with Crippen LogP contribution in [-0.2, 0) is 13.0 Å². The van der Waals surface area contributed by atoms with E-state index >= 15 is 0 Å². The molecule has 1 unspecified atom stereocenters. The van der Waals surface area contributed by atoms with Gasteiger partial charge in [-0.25, -0.2) is 4.79 Å². The Bertz CT molecular complexity index is 611. The van der Waals surface area contributed by atoms with Crippen LogP contribution in [0.2, 0.25) is 0 Å². The molecule has 1 aliphatic rings. The molecule has 128 valence electrons. The van der Waals surface area contributed by atoms with Crippen LogP contribution < -0.4 is 0 Å². The van der Waals surface area contributed by atoms with Gasteiger partial charge in [-0.05, 0) is 6.92 Å². The van der Waals surface area contributed by atoms with Gasteiger partial charge in [-0.15, -0.1) is 0 Å². The van der Waals surface area contributed by atoms with Crippen LogP contribution in [0.4, 0.5) is 4.79 Å². The third-order valence-electron chi connectivity index (χ3n) is 4.20. The number of amides is 2. The Morgan fingerprint density at radius 3 is 2.70 bits per heavy atom. The van der Waals surface area contributed by atoms with E-state index in [1.165, 1.54) is 9.80 Å². The quantitative estimate of drug-likeness (QED) is 0.763. The van der Waals surface area contributed by atoms with Crippen molar-refractivity contribution in [2.24, 2.45) is 5.41 Å². The molecule has 2 rings (SSSR count). The molecular weight excluding hydrogens is 300 g/mol. The molecule has 0 spiro atoms. The number of carbonyl (C=O) groups excluding carboxylic acids is 1. The van der Waals surface area contributed by atoms with E-state index in [9.17, 15) is 19.8 Å². The van der Waals surface area contributed by atoms with Gasteiger partial charge in [0.15, 0.2) is 5.69 Å². The molecule has 0 saturated carbocycles. The van der Waals surface area contributed by atoms with Gasteiger partial charge in [0.05, 0.1) is 6.54 Å². The summed E-state index contributed by atoms with van der Waals surface area (Å²) in [5.74, 6) is -0.274. The van der Waals surface area contributed by atoms with E-state index in [1.807, 2.05) is 20.8 Å². The normalized spacial score (nSPS) is 17.8. The molecule has 2 amide bonds. The van der Waals surface area contributed by atoms with E-state index in [0.717, 1.165) is 5.69 Å². The van der Waals surface area contributed by atoms with Gasteiger partial charge < -0.3 is 20.0 Å². The van der Waals surface area contributed by atoms with Crippen LogP contribution in [0.1, 0.15) is 42.5 Å². The van der Waals surface area contributed by atoms with E-state index < -0.39 is 11.5 Å². The predicted molar refractivity (Wildman–Crippen MR) is 83.1 cm³/mol. The van der Waals surface area contributed by atoms with Crippen molar-refractivity contribution in [3.8, 4) is 0 Å². The molecule has 1 aromatic rings. The van der Waals surface area contributed by atoms with Crippen molar-refractivity contribution >= 4 is 12.0 Å². The molecule has 0 fully saturated rings. The topological polar surface area (TPSA) is 110 Å². The smallest absolute Gasteiger partial charge is 0.407 e. The summed E-state index contributed by atoms with van der Waals surface area (Å²) < 4.78 is 0. The first kappa shape index (κ1) is 17.3. The minimum atomic E-state index is -1.00. The fourth-order valence-corrected chi connectivity index (χ4v) is 2.85. The molecule has 0 saturated heterocycles. The lowest BCUT2D eigenvalue weighted by atomic mass is 9.94. The van der Waals surface area contributed by atoms with Gasteiger partial charge in [0, 0.05) is 49.3 Å². The van der Waals surface area contributed by atoms with Gasteiger partial charge >= 0.3 is 6.09 Å². The van der Waals surface area contributed by atoms with Crippen LogP contribution in [0.15, 0.2) is 0 Å². The van der Waals surface area contributed by atoms with E-state index in [0.29, 0.717) is 18.5 Å². The fourth-order valence-electron chi connectivity index (χ4n) is 2.85. The van der Waals surface area contributed by atoms with Crippen molar-refractivity contribution in [1.29, 1.82) is 0 Å². The number of hydrogen-bond acceptors (Lipinski definition) is 4. The van der Waals surface area contributed by atoms with E-state index in [-0.39, 0.29) is 30.8 Å². The highest BCUT2D eigenvalue weighted by Crippen LogP contribution is 2.25. The minimum absolute atomic E-state index is 0.0341. The summed E-state index contributed by atoms with van der Waals surface area (Å²) in [5.41, 5.74) is 1.30. The third kappa shape index (κ3) is 3.47. The van der Waals surface area contributed by atoms with Crippen molar-refractivity contribution < 1.29 is 19.8 Å². The van der Waals surface area contributed by atoms with Gasteiger partial charge in [-0.2, -0.15) is 5.10 Å². The van der Waals surface area contributed by atoms with Crippen molar-refractivity contribution in [3.63, 3.8) is 0 Å². The summed E-state index contributed by atoms with van der Waals surface area (Å²) in [7, 11) is 1.65. The number of hydrogen-bond donors (Lipinski definition) is 3. The number of aromatic nitrogens is 2. The van der Waals surface area contributed by atoms with Crippen LogP contribution in [0.3, 0.4) is 0 Å². The number of H-pyrrole nitrogens is 1. The first-order valence-corrected chi connectivity index (χ1v) is 7.58. The summed E-state index contributed by atoms with van der Waals surface area (Å²) in [4.78, 5) is 26.8. The second-order valence-corrected chi connectivity index (χ2v) is 6.98. The summed E-state index contributed by atoms with van der Waals surface area (Å²) in [6, 6.07) is -0.158. The molecule has 23 heavy (non-hydrogen) atoms. The average Bonchev–Trinajstić information content (AvgIpc) is 2.87. The number of fused-ring (bicyclic) bond motifs is 1. The lowest BCUT2D eigenvalue weighted by Crippen LogP contribution is -2.43. The molecule has 1 aliphatic heterocycles. The zero-order chi connectivity index (χ0) is 17.4. The lowest BCUT2D eigenvalue weighted by Gasteiger charge is -2.31. The van der Waals surface area contributed by atoms with E-state index in [4.69, 9.17) is 0 Å². The first-order valence-electron chi connectivity index (χ1n) is 7.58. The summed E-state index contributed by atoms with van der Waals surface area (Å²) in [5, 5.41) is 25.6. The lowest BCUT2D eigenvalue weighted by molar-refractivity contribution is 0.0653. The number of carboxylic acid groups (broad SMARTS) is 1.